The van der Waals surface area contributed by atoms with E-state index in [-0.39, 0.29) is 0 Å². The number of aliphatic imine (C=N–C) groups is 1. The average Bonchev–Trinajstić information content (AvgIpc) is 3.68. The average molecular weight is 555 g/mol. The molecular formula is C36H50N4O. The zero-order chi connectivity index (χ0) is 28.0. The molecule has 2 aromatic heterocycles. The van der Waals surface area contributed by atoms with Crippen LogP contribution in [0.15, 0.2) is 47.6 Å². The summed E-state index contributed by atoms with van der Waals surface area (Å²) >= 11 is 0. The van der Waals surface area contributed by atoms with Gasteiger partial charge in [0, 0.05) is 41.1 Å². The van der Waals surface area contributed by atoms with E-state index in [9.17, 15) is 0 Å². The molecule has 3 aliphatic rings. The SMILES string of the molecule is CCc1cc2c(cn1)c1ccc(C3C=CC(OCCCCC[C@@H]4CC4CCCCCCC4CNC4)=NC3)cc1n2C. The van der Waals surface area contributed by atoms with Crippen LogP contribution in [0.25, 0.3) is 21.8 Å². The van der Waals surface area contributed by atoms with Crippen molar-refractivity contribution in [1.82, 2.24) is 14.9 Å². The van der Waals surface area contributed by atoms with Gasteiger partial charge in [-0.25, -0.2) is 0 Å². The molecule has 2 unspecified atom stereocenters. The minimum absolute atomic E-state index is 0.297. The Morgan fingerprint density at radius 1 is 0.902 bits per heavy atom. The maximum atomic E-state index is 6.02. The van der Waals surface area contributed by atoms with Gasteiger partial charge in [-0.2, -0.15) is 0 Å². The highest BCUT2D eigenvalue weighted by molar-refractivity contribution is 6.07. The summed E-state index contributed by atoms with van der Waals surface area (Å²) in [5, 5.41) is 5.89. The van der Waals surface area contributed by atoms with Gasteiger partial charge in [0.05, 0.1) is 18.7 Å². The number of pyridine rings is 1. The molecule has 41 heavy (non-hydrogen) atoms. The number of hydrogen-bond acceptors (Lipinski definition) is 4. The first kappa shape index (κ1) is 28.5. The topological polar surface area (TPSA) is 51.4 Å². The summed E-state index contributed by atoms with van der Waals surface area (Å²) in [5.74, 6) is 4.16. The van der Waals surface area contributed by atoms with E-state index in [2.05, 4.69) is 65.3 Å². The van der Waals surface area contributed by atoms with Crippen LogP contribution < -0.4 is 5.32 Å². The van der Waals surface area contributed by atoms with Crippen LogP contribution in [0.1, 0.15) is 94.7 Å². The third-order valence-corrected chi connectivity index (χ3v) is 10.0. The number of rotatable bonds is 15. The number of hydrogen-bond donors (Lipinski definition) is 1. The summed E-state index contributed by atoms with van der Waals surface area (Å²) in [6.07, 6.45) is 22.8. The Labute approximate surface area is 246 Å². The second kappa shape index (κ2) is 13.5. The van der Waals surface area contributed by atoms with Crippen molar-refractivity contribution in [3.63, 3.8) is 0 Å². The monoisotopic (exact) mass is 554 g/mol. The summed E-state index contributed by atoms with van der Waals surface area (Å²) in [5.41, 5.74) is 4.97. The van der Waals surface area contributed by atoms with Gasteiger partial charge in [0.15, 0.2) is 0 Å². The number of dihydropyridines is 1. The van der Waals surface area contributed by atoms with Crippen LogP contribution in [0.4, 0.5) is 0 Å². The molecule has 6 rings (SSSR count). The first-order valence-electron chi connectivity index (χ1n) is 16.6. The zero-order valence-corrected chi connectivity index (χ0v) is 25.4. The molecule has 1 N–H and O–H groups in total. The number of unbranched alkanes of at least 4 members (excludes halogenated alkanes) is 5. The fourth-order valence-corrected chi connectivity index (χ4v) is 7.01. The lowest BCUT2D eigenvalue weighted by molar-refractivity contribution is 0.291. The van der Waals surface area contributed by atoms with Gasteiger partial charge in [-0.1, -0.05) is 76.5 Å². The maximum absolute atomic E-state index is 6.02. The minimum Gasteiger partial charge on any atom is -0.478 e. The molecule has 4 heterocycles. The highest BCUT2D eigenvalue weighted by Crippen LogP contribution is 2.45. The number of aromatic nitrogens is 2. The summed E-state index contributed by atoms with van der Waals surface area (Å²) in [6.45, 7) is 6.24. The Bertz CT molecular complexity index is 1370. The highest BCUT2D eigenvalue weighted by Gasteiger charge is 2.35. The van der Waals surface area contributed by atoms with Gasteiger partial charge in [0.1, 0.15) is 0 Å². The second-order valence-electron chi connectivity index (χ2n) is 13.0. The number of nitrogens with zero attached hydrogens (tertiary/aromatic N) is 3. The molecule has 5 heteroatoms. The molecule has 2 aliphatic heterocycles. The highest BCUT2D eigenvalue weighted by atomic mass is 16.5. The molecule has 1 saturated heterocycles. The van der Waals surface area contributed by atoms with Gasteiger partial charge in [-0.3, -0.25) is 9.98 Å². The van der Waals surface area contributed by atoms with Crippen molar-refractivity contribution in [3.8, 4) is 0 Å². The lowest BCUT2D eigenvalue weighted by Crippen LogP contribution is -2.41. The Hall–Kier alpha value is -2.66. The molecule has 5 nitrogen and oxygen atoms in total. The molecule has 1 saturated carbocycles. The number of ether oxygens (including phenoxy) is 1. The molecule has 1 aliphatic carbocycles. The maximum Gasteiger partial charge on any atom is 0.208 e. The van der Waals surface area contributed by atoms with Gasteiger partial charge < -0.3 is 14.6 Å². The van der Waals surface area contributed by atoms with Crippen molar-refractivity contribution >= 4 is 27.7 Å². The molecule has 1 aromatic carbocycles. The van der Waals surface area contributed by atoms with E-state index in [0.29, 0.717) is 5.92 Å². The molecule has 0 spiro atoms. The van der Waals surface area contributed by atoms with Crippen LogP contribution in [0.2, 0.25) is 0 Å². The van der Waals surface area contributed by atoms with E-state index in [1.54, 1.807) is 0 Å². The van der Waals surface area contributed by atoms with Crippen molar-refractivity contribution in [2.75, 3.05) is 26.2 Å². The Balaban J connectivity index is 0.853. The van der Waals surface area contributed by atoms with E-state index in [4.69, 9.17) is 9.73 Å². The molecule has 3 aromatic rings. The Morgan fingerprint density at radius 2 is 1.66 bits per heavy atom. The molecule has 220 valence electrons. The fraction of sp³-hybridized carbons (Fsp3) is 0.611. The van der Waals surface area contributed by atoms with Crippen LogP contribution in [0.3, 0.4) is 0 Å². The summed E-state index contributed by atoms with van der Waals surface area (Å²) < 4.78 is 8.33. The van der Waals surface area contributed by atoms with E-state index in [1.165, 1.54) is 105 Å². The molecular weight excluding hydrogens is 504 g/mol. The van der Waals surface area contributed by atoms with Crippen LogP contribution in [0.5, 0.6) is 0 Å². The van der Waals surface area contributed by atoms with Crippen molar-refractivity contribution in [2.45, 2.75) is 89.9 Å². The predicted octanol–water partition coefficient (Wildman–Crippen LogP) is 8.11. The number of nitrogens with one attached hydrogen (secondary N) is 1. The van der Waals surface area contributed by atoms with Crippen LogP contribution >= 0.6 is 0 Å². The van der Waals surface area contributed by atoms with Gasteiger partial charge in [-0.15, -0.1) is 0 Å². The van der Waals surface area contributed by atoms with Crippen LogP contribution in [-0.2, 0) is 18.2 Å². The van der Waals surface area contributed by atoms with Crippen molar-refractivity contribution in [3.05, 3.63) is 53.9 Å². The normalized spacial score (nSPS) is 22.3. The molecule has 0 radical (unpaired) electrons. The summed E-state index contributed by atoms with van der Waals surface area (Å²) in [6, 6.07) is 9.07. The number of benzene rings is 1. The first-order valence-corrected chi connectivity index (χ1v) is 16.6. The summed E-state index contributed by atoms with van der Waals surface area (Å²) in [4.78, 5) is 9.40. The van der Waals surface area contributed by atoms with E-state index >= 15 is 0 Å². The van der Waals surface area contributed by atoms with Crippen molar-refractivity contribution in [2.24, 2.45) is 29.8 Å². The largest absolute Gasteiger partial charge is 0.478 e. The Morgan fingerprint density at radius 3 is 2.37 bits per heavy atom. The Kier molecular flexibility index (Phi) is 9.40. The lowest BCUT2D eigenvalue weighted by atomic mass is 9.95. The standard InChI is InChI=1S/C36H50N4O/c1-3-31-21-35-33(25-38-31)32-16-14-29(20-34(32)40(35)2)30-15-17-36(39-24-30)41-18-10-6-9-13-28-19-27(28)12-8-5-4-7-11-26-22-37-23-26/h14-17,20-21,25-28,30,37H,3-13,18-19,22-24H2,1-2H3/t27?,28-,30?/m1/s1. The smallest absolute Gasteiger partial charge is 0.208 e. The lowest BCUT2D eigenvalue weighted by Gasteiger charge is -2.26. The number of fused-ring (bicyclic) bond motifs is 3. The fourth-order valence-electron chi connectivity index (χ4n) is 7.01. The minimum atomic E-state index is 0.297. The van der Waals surface area contributed by atoms with Gasteiger partial charge in [0.25, 0.3) is 0 Å². The number of aryl methyl sites for hydroxylation is 2. The van der Waals surface area contributed by atoms with Crippen LogP contribution in [-0.4, -0.2) is 41.7 Å². The molecule has 3 atom stereocenters. The van der Waals surface area contributed by atoms with Gasteiger partial charge >= 0.3 is 0 Å². The zero-order valence-electron chi connectivity index (χ0n) is 25.4. The quantitative estimate of drug-likeness (QED) is 0.193. The summed E-state index contributed by atoms with van der Waals surface area (Å²) in [7, 11) is 2.16. The van der Waals surface area contributed by atoms with Crippen molar-refractivity contribution < 1.29 is 4.74 Å². The van der Waals surface area contributed by atoms with Gasteiger partial charge in [-0.05, 0) is 80.3 Å². The first-order chi connectivity index (χ1) is 20.2. The molecule has 2 fully saturated rings. The van der Waals surface area contributed by atoms with E-state index < -0.39 is 0 Å². The van der Waals surface area contributed by atoms with E-state index in [1.807, 2.05) is 6.20 Å². The third kappa shape index (κ3) is 7.05. The third-order valence-electron chi connectivity index (χ3n) is 10.0. The molecule has 0 amide bonds. The van der Waals surface area contributed by atoms with Crippen LogP contribution in [0, 0.1) is 17.8 Å². The van der Waals surface area contributed by atoms with E-state index in [0.717, 1.165) is 55.3 Å². The molecule has 0 bridgehead atoms. The van der Waals surface area contributed by atoms with Crippen molar-refractivity contribution in [1.29, 1.82) is 0 Å². The second-order valence-corrected chi connectivity index (χ2v) is 13.0. The predicted molar refractivity (Wildman–Crippen MR) is 172 cm³/mol. The van der Waals surface area contributed by atoms with Gasteiger partial charge in [0.2, 0.25) is 5.90 Å².